The molecule has 1 saturated carbocycles. The molecule has 1 unspecified atom stereocenters. The largest absolute Gasteiger partial charge is 0.381 e. The van der Waals surface area contributed by atoms with Crippen LogP contribution in [0.2, 0.25) is 0 Å². The predicted octanol–water partition coefficient (Wildman–Crippen LogP) is 2.58. The van der Waals surface area contributed by atoms with Crippen LogP contribution >= 0.6 is 0 Å². The molecule has 15 heavy (non-hydrogen) atoms. The van der Waals surface area contributed by atoms with E-state index in [4.69, 9.17) is 4.74 Å². The van der Waals surface area contributed by atoms with Crippen molar-refractivity contribution in [1.82, 2.24) is 5.32 Å². The zero-order chi connectivity index (χ0) is 10.5. The van der Waals surface area contributed by atoms with Crippen LogP contribution in [0.3, 0.4) is 0 Å². The van der Waals surface area contributed by atoms with Crippen LogP contribution in [0.5, 0.6) is 0 Å². The van der Waals surface area contributed by atoms with Gasteiger partial charge in [0.2, 0.25) is 0 Å². The van der Waals surface area contributed by atoms with Gasteiger partial charge < -0.3 is 10.1 Å². The van der Waals surface area contributed by atoms with Gasteiger partial charge in [0.15, 0.2) is 0 Å². The van der Waals surface area contributed by atoms with Gasteiger partial charge in [-0.1, -0.05) is 19.8 Å². The molecule has 88 valence electrons. The molecule has 1 N–H and O–H groups in total. The Morgan fingerprint density at radius 1 is 1.20 bits per heavy atom. The van der Waals surface area contributed by atoms with E-state index >= 15 is 0 Å². The van der Waals surface area contributed by atoms with Gasteiger partial charge in [-0.05, 0) is 44.1 Å². The third-order valence-corrected chi connectivity index (χ3v) is 3.78. The highest BCUT2D eigenvalue weighted by atomic mass is 16.5. The zero-order valence-electron chi connectivity index (χ0n) is 10.0. The van der Waals surface area contributed by atoms with Crippen LogP contribution in [0.4, 0.5) is 0 Å². The Balaban J connectivity index is 1.78. The minimum Gasteiger partial charge on any atom is -0.381 e. The molecule has 1 saturated heterocycles. The van der Waals surface area contributed by atoms with Gasteiger partial charge in [0.1, 0.15) is 0 Å². The van der Waals surface area contributed by atoms with Gasteiger partial charge >= 0.3 is 0 Å². The first-order valence-electron chi connectivity index (χ1n) is 6.71. The van der Waals surface area contributed by atoms with Crippen molar-refractivity contribution in [2.45, 2.75) is 51.5 Å². The van der Waals surface area contributed by atoms with Crippen molar-refractivity contribution in [3.05, 3.63) is 0 Å². The standard InChI is InChI=1S/C13H25NO/c1-2-7-14-13(10-11-3-4-11)12-5-8-15-9-6-12/h11-14H,2-10H2,1H3. The third-order valence-electron chi connectivity index (χ3n) is 3.78. The van der Waals surface area contributed by atoms with Crippen molar-refractivity contribution in [1.29, 1.82) is 0 Å². The van der Waals surface area contributed by atoms with E-state index in [1.54, 1.807) is 0 Å². The first-order chi connectivity index (χ1) is 7.40. The highest BCUT2D eigenvalue weighted by molar-refractivity contribution is 4.85. The SMILES string of the molecule is CCCNC(CC1CC1)C1CCOCC1. The average molecular weight is 211 g/mol. The summed E-state index contributed by atoms with van der Waals surface area (Å²) >= 11 is 0. The molecule has 2 heteroatoms. The Hall–Kier alpha value is -0.0800. The first kappa shape index (κ1) is 11.4. The quantitative estimate of drug-likeness (QED) is 0.729. The smallest absolute Gasteiger partial charge is 0.0469 e. The van der Waals surface area contributed by atoms with Crippen molar-refractivity contribution in [2.24, 2.45) is 11.8 Å². The normalized spacial score (nSPS) is 25.4. The number of rotatable bonds is 6. The molecule has 2 aliphatic rings. The van der Waals surface area contributed by atoms with Crippen LogP contribution in [0.1, 0.15) is 45.4 Å². The van der Waals surface area contributed by atoms with E-state index in [9.17, 15) is 0 Å². The van der Waals surface area contributed by atoms with Gasteiger partial charge in [-0.2, -0.15) is 0 Å². The fraction of sp³-hybridized carbons (Fsp3) is 1.00. The maximum Gasteiger partial charge on any atom is 0.0469 e. The van der Waals surface area contributed by atoms with Crippen LogP contribution < -0.4 is 5.32 Å². The van der Waals surface area contributed by atoms with Crippen LogP contribution in [0.25, 0.3) is 0 Å². The maximum atomic E-state index is 5.45. The summed E-state index contributed by atoms with van der Waals surface area (Å²) in [7, 11) is 0. The molecule has 0 aromatic heterocycles. The lowest BCUT2D eigenvalue weighted by Gasteiger charge is -2.31. The lowest BCUT2D eigenvalue weighted by molar-refractivity contribution is 0.0518. The second-order valence-corrected chi connectivity index (χ2v) is 5.19. The van der Waals surface area contributed by atoms with Gasteiger partial charge in [0, 0.05) is 19.3 Å². The van der Waals surface area contributed by atoms with E-state index in [0.717, 1.165) is 31.1 Å². The molecule has 1 atom stereocenters. The lowest BCUT2D eigenvalue weighted by Crippen LogP contribution is -2.39. The Morgan fingerprint density at radius 2 is 1.93 bits per heavy atom. The van der Waals surface area contributed by atoms with Crippen LogP contribution in [-0.4, -0.2) is 25.8 Å². The molecular formula is C13H25NO. The molecule has 0 radical (unpaired) electrons. The summed E-state index contributed by atoms with van der Waals surface area (Å²) in [5, 5.41) is 3.75. The summed E-state index contributed by atoms with van der Waals surface area (Å²) in [5.74, 6) is 1.92. The summed E-state index contributed by atoms with van der Waals surface area (Å²) in [6.07, 6.45) is 8.18. The molecule has 1 aliphatic heterocycles. The summed E-state index contributed by atoms with van der Waals surface area (Å²) < 4.78 is 5.45. The maximum absolute atomic E-state index is 5.45. The van der Waals surface area contributed by atoms with Crippen molar-refractivity contribution in [3.8, 4) is 0 Å². The van der Waals surface area contributed by atoms with E-state index in [1.807, 2.05) is 0 Å². The Bertz CT molecular complexity index is 173. The van der Waals surface area contributed by atoms with E-state index in [-0.39, 0.29) is 0 Å². The lowest BCUT2D eigenvalue weighted by atomic mass is 9.88. The minimum absolute atomic E-state index is 0.779. The molecule has 1 heterocycles. The van der Waals surface area contributed by atoms with E-state index in [2.05, 4.69) is 12.2 Å². The number of hydrogen-bond acceptors (Lipinski definition) is 2. The molecule has 0 aromatic carbocycles. The average Bonchev–Trinajstić information content (AvgIpc) is 3.09. The fourth-order valence-electron chi connectivity index (χ4n) is 2.60. The van der Waals surface area contributed by atoms with E-state index in [0.29, 0.717) is 0 Å². The number of nitrogens with one attached hydrogen (secondary N) is 1. The van der Waals surface area contributed by atoms with Gasteiger partial charge in [-0.3, -0.25) is 0 Å². The monoisotopic (exact) mass is 211 g/mol. The van der Waals surface area contributed by atoms with E-state index in [1.165, 1.54) is 45.1 Å². The van der Waals surface area contributed by atoms with E-state index < -0.39 is 0 Å². The first-order valence-corrected chi connectivity index (χ1v) is 6.71. The summed E-state index contributed by atoms with van der Waals surface area (Å²) in [4.78, 5) is 0. The fourth-order valence-corrected chi connectivity index (χ4v) is 2.60. The molecular weight excluding hydrogens is 186 g/mol. The Labute approximate surface area is 93.8 Å². The zero-order valence-corrected chi connectivity index (χ0v) is 10.0. The molecule has 0 amide bonds. The number of ether oxygens (including phenoxy) is 1. The topological polar surface area (TPSA) is 21.3 Å². The summed E-state index contributed by atoms with van der Waals surface area (Å²) in [5.41, 5.74) is 0. The van der Waals surface area contributed by atoms with Gasteiger partial charge in [0.05, 0.1) is 0 Å². The summed E-state index contributed by atoms with van der Waals surface area (Å²) in [6, 6.07) is 0.779. The summed E-state index contributed by atoms with van der Waals surface area (Å²) in [6.45, 7) is 5.42. The Kier molecular flexibility index (Phi) is 4.45. The third kappa shape index (κ3) is 3.76. The highest BCUT2D eigenvalue weighted by Crippen LogP contribution is 2.36. The molecule has 0 bridgehead atoms. The van der Waals surface area contributed by atoms with Crippen LogP contribution in [0, 0.1) is 11.8 Å². The Morgan fingerprint density at radius 3 is 2.53 bits per heavy atom. The van der Waals surface area contributed by atoms with Gasteiger partial charge in [-0.25, -0.2) is 0 Å². The molecule has 2 fully saturated rings. The molecule has 2 rings (SSSR count). The molecule has 2 nitrogen and oxygen atoms in total. The molecule has 0 aromatic rings. The molecule has 0 spiro atoms. The predicted molar refractivity (Wildman–Crippen MR) is 63.0 cm³/mol. The van der Waals surface area contributed by atoms with Crippen molar-refractivity contribution >= 4 is 0 Å². The number of hydrogen-bond donors (Lipinski definition) is 1. The van der Waals surface area contributed by atoms with Crippen LogP contribution in [-0.2, 0) is 4.74 Å². The van der Waals surface area contributed by atoms with Gasteiger partial charge in [-0.15, -0.1) is 0 Å². The van der Waals surface area contributed by atoms with Crippen LogP contribution in [0.15, 0.2) is 0 Å². The highest BCUT2D eigenvalue weighted by Gasteiger charge is 2.30. The van der Waals surface area contributed by atoms with Gasteiger partial charge in [0.25, 0.3) is 0 Å². The molecule has 1 aliphatic carbocycles. The van der Waals surface area contributed by atoms with Crippen molar-refractivity contribution in [2.75, 3.05) is 19.8 Å². The van der Waals surface area contributed by atoms with Crippen molar-refractivity contribution < 1.29 is 4.74 Å². The second kappa shape index (κ2) is 5.86. The van der Waals surface area contributed by atoms with Crippen molar-refractivity contribution in [3.63, 3.8) is 0 Å². The minimum atomic E-state index is 0.779. The second-order valence-electron chi connectivity index (χ2n) is 5.19.